The highest BCUT2D eigenvalue weighted by molar-refractivity contribution is 7.87. The molecule has 0 spiro atoms. The third-order valence-electron chi connectivity index (χ3n) is 3.93. The Morgan fingerprint density at radius 3 is 2.83 bits per heavy atom. The first-order valence-corrected chi connectivity index (χ1v) is 8.81. The van der Waals surface area contributed by atoms with Gasteiger partial charge in [0.05, 0.1) is 10.9 Å². The number of nitrogens with two attached hydrogens (primary N) is 1. The van der Waals surface area contributed by atoms with Gasteiger partial charge in [0.2, 0.25) is 0 Å². The van der Waals surface area contributed by atoms with Gasteiger partial charge in [0.15, 0.2) is 0 Å². The van der Waals surface area contributed by atoms with Crippen LogP contribution in [0.3, 0.4) is 0 Å². The second kappa shape index (κ2) is 5.99. The molecule has 1 saturated heterocycles. The molecule has 0 unspecified atom stereocenters. The summed E-state index contributed by atoms with van der Waals surface area (Å²) in [6.45, 7) is 3.52. The summed E-state index contributed by atoms with van der Waals surface area (Å²) in [6, 6.07) is 3.30. The minimum atomic E-state index is -3.64. The van der Waals surface area contributed by atoms with E-state index in [-0.39, 0.29) is 5.82 Å². The Balaban J connectivity index is 1.69. The fraction of sp³-hybridized carbons (Fsp3) is 0.429. The molecular formula is C14H18FN5O2S. The van der Waals surface area contributed by atoms with E-state index in [1.54, 1.807) is 0 Å². The number of hydrogen-bond donors (Lipinski definition) is 2. The SMILES string of the molecule is Cc1cc(F)c2c(N3CC(CCNS(N)(=O)=O)C3)ncnc2c1. The van der Waals surface area contributed by atoms with Crippen molar-refractivity contribution in [2.24, 2.45) is 11.1 Å². The largest absolute Gasteiger partial charge is 0.355 e. The minimum absolute atomic E-state index is 0.301. The lowest BCUT2D eigenvalue weighted by atomic mass is 9.96. The Hall–Kier alpha value is -1.84. The lowest BCUT2D eigenvalue weighted by Gasteiger charge is -2.40. The topological polar surface area (TPSA) is 101 Å². The molecule has 1 aliphatic rings. The van der Waals surface area contributed by atoms with Gasteiger partial charge in [-0.3, -0.25) is 0 Å². The molecule has 23 heavy (non-hydrogen) atoms. The number of benzene rings is 1. The molecule has 3 rings (SSSR count). The molecule has 124 valence electrons. The van der Waals surface area contributed by atoms with Gasteiger partial charge in [-0.1, -0.05) is 0 Å². The number of rotatable bonds is 5. The maximum absolute atomic E-state index is 14.3. The Kier molecular flexibility index (Phi) is 4.17. The quantitative estimate of drug-likeness (QED) is 0.835. The van der Waals surface area contributed by atoms with E-state index in [2.05, 4.69) is 14.7 Å². The number of fused-ring (bicyclic) bond motifs is 1. The molecule has 1 aromatic heterocycles. The first kappa shape index (κ1) is 16.0. The van der Waals surface area contributed by atoms with Crippen molar-refractivity contribution in [1.82, 2.24) is 14.7 Å². The molecular weight excluding hydrogens is 321 g/mol. The van der Waals surface area contributed by atoms with Crippen LogP contribution < -0.4 is 14.8 Å². The zero-order valence-electron chi connectivity index (χ0n) is 12.7. The van der Waals surface area contributed by atoms with Crippen LogP contribution in [-0.2, 0) is 10.2 Å². The van der Waals surface area contributed by atoms with E-state index in [0.717, 1.165) is 5.56 Å². The molecule has 0 aliphatic carbocycles. The second-order valence-corrected chi connectivity index (χ2v) is 7.22. The van der Waals surface area contributed by atoms with Crippen molar-refractivity contribution in [3.05, 3.63) is 29.8 Å². The minimum Gasteiger partial charge on any atom is -0.355 e. The highest BCUT2D eigenvalue weighted by Crippen LogP contribution is 2.32. The van der Waals surface area contributed by atoms with Crippen molar-refractivity contribution >= 4 is 26.9 Å². The maximum atomic E-state index is 14.3. The lowest BCUT2D eigenvalue weighted by molar-refractivity contribution is 0.382. The number of nitrogens with zero attached hydrogens (tertiary/aromatic N) is 3. The average molecular weight is 339 g/mol. The molecule has 1 fully saturated rings. The predicted molar refractivity (Wildman–Crippen MR) is 85.7 cm³/mol. The summed E-state index contributed by atoms with van der Waals surface area (Å²) in [5.41, 5.74) is 1.40. The van der Waals surface area contributed by atoms with Gasteiger partial charge >= 0.3 is 0 Å². The number of aromatic nitrogens is 2. The number of halogens is 1. The molecule has 0 saturated carbocycles. The Morgan fingerprint density at radius 1 is 1.39 bits per heavy atom. The molecule has 1 aliphatic heterocycles. The van der Waals surface area contributed by atoms with E-state index in [0.29, 0.717) is 48.7 Å². The summed E-state index contributed by atoms with van der Waals surface area (Å²) in [5.74, 6) is 0.584. The van der Waals surface area contributed by atoms with E-state index >= 15 is 0 Å². The molecule has 3 N–H and O–H groups in total. The molecule has 9 heteroatoms. The van der Waals surface area contributed by atoms with Crippen molar-refractivity contribution < 1.29 is 12.8 Å². The highest BCUT2D eigenvalue weighted by Gasteiger charge is 2.29. The number of aryl methyl sites for hydroxylation is 1. The van der Waals surface area contributed by atoms with Gasteiger partial charge in [-0.15, -0.1) is 0 Å². The van der Waals surface area contributed by atoms with E-state index < -0.39 is 10.2 Å². The molecule has 7 nitrogen and oxygen atoms in total. The first-order chi connectivity index (χ1) is 10.8. The van der Waals surface area contributed by atoms with Crippen LogP contribution in [-0.4, -0.2) is 38.0 Å². The summed E-state index contributed by atoms with van der Waals surface area (Å²) in [5, 5.41) is 5.31. The normalized spacial score (nSPS) is 15.9. The molecule has 2 aromatic rings. The summed E-state index contributed by atoms with van der Waals surface area (Å²) in [6.07, 6.45) is 2.12. The monoisotopic (exact) mass is 339 g/mol. The Morgan fingerprint density at radius 2 is 2.13 bits per heavy atom. The van der Waals surface area contributed by atoms with Crippen molar-refractivity contribution in [3.8, 4) is 0 Å². The van der Waals surface area contributed by atoms with Crippen LogP contribution in [0, 0.1) is 18.7 Å². The van der Waals surface area contributed by atoms with Gasteiger partial charge in [0.1, 0.15) is 18.0 Å². The zero-order chi connectivity index (χ0) is 16.6. The van der Waals surface area contributed by atoms with E-state index in [9.17, 15) is 12.8 Å². The molecule has 0 atom stereocenters. The van der Waals surface area contributed by atoms with Gasteiger partial charge in [0.25, 0.3) is 10.2 Å². The van der Waals surface area contributed by atoms with Gasteiger partial charge in [-0.25, -0.2) is 24.2 Å². The van der Waals surface area contributed by atoms with Crippen LogP contribution in [0.1, 0.15) is 12.0 Å². The molecule has 0 amide bonds. The van der Waals surface area contributed by atoms with Crippen LogP contribution in [0.4, 0.5) is 10.2 Å². The Bertz CT molecular complexity index is 836. The molecule has 0 radical (unpaired) electrons. The smallest absolute Gasteiger partial charge is 0.274 e. The first-order valence-electron chi connectivity index (χ1n) is 7.26. The van der Waals surface area contributed by atoms with Gasteiger partial charge in [-0.05, 0) is 37.0 Å². The third-order valence-corrected chi connectivity index (χ3v) is 4.53. The van der Waals surface area contributed by atoms with Crippen LogP contribution >= 0.6 is 0 Å². The highest BCUT2D eigenvalue weighted by atomic mass is 32.2. The van der Waals surface area contributed by atoms with Crippen molar-refractivity contribution in [2.75, 3.05) is 24.5 Å². The van der Waals surface area contributed by atoms with Crippen LogP contribution in [0.25, 0.3) is 10.9 Å². The predicted octanol–water partition coefficient (Wildman–Crippen LogP) is 0.697. The number of anilines is 1. The van der Waals surface area contributed by atoms with Gasteiger partial charge in [0, 0.05) is 19.6 Å². The van der Waals surface area contributed by atoms with Crippen molar-refractivity contribution in [1.29, 1.82) is 0 Å². The Labute approximate surface area is 133 Å². The van der Waals surface area contributed by atoms with Crippen molar-refractivity contribution in [3.63, 3.8) is 0 Å². The summed E-state index contributed by atoms with van der Waals surface area (Å²) in [7, 11) is -3.64. The standard InChI is InChI=1S/C14H18FN5O2S/c1-9-4-11(15)13-12(5-9)17-8-18-14(13)20-6-10(7-20)2-3-19-23(16,21)22/h4-5,8,10,19H,2-3,6-7H2,1H3,(H2,16,21,22). The van der Waals surface area contributed by atoms with Gasteiger partial charge in [-0.2, -0.15) is 8.42 Å². The van der Waals surface area contributed by atoms with E-state index in [1.807, 2.05) is 17.9 Å². The molecule has 0 bridgehead atoms. The second-order valence-electron chi connectivity index (χ2n) is 5.84. The van der Waals surface area contributed by atoms with Crippen LogP contribution in [0.2, 0.25) is 0 Å². The summed E-state index contributed by atoms with van der Waals surface area (Å²) in [4.78, 5) is 10.3. The average Bonchev–Trinajstić information content (AvgIpc) is 2.39. The fourth-order valence-corrected chi connectivity index (χ4v) is 3.23. The molecule has 1 aromatic carbocycles. The summed E-state index contributed by atoms with van der Waals surface area (Å²) < 4.78 is 38.2. The van der Waals surface area contributed by atoms with Crippen LogP contribution in [0.5, 0.6) is 0 Å². The van der Waals surface area contributed by atoms with Crippen molar-refractivity contribution in [2.45, 2.75) is 13.3 Å². The molecule has 2 heterocycles. The number of nitrogens with one attached hydrogen (secondary N) is 1. The summed E-state index contributed by atoms with van der Waals surface area (Å²) >= 11 is 0. The van der Waals surface area contributed by atoms with E-state index in [1.165, 1.54) is 12.4 Å². The fourth-order valence-electron chi connectivity index (χ4n) is 2.83. The van der Waals surface area contributed by atoms with Gasteiger partial charge < -0.3 is 4.90 Å². The van der Waals surface area contributed by atoms with E-state index in [4.69, 9.17) is 5.14 Å². The van der Waals surface area contributed by atoms with Crippen LogP contribution in [0.15, 0.2) is 18.5 Å². The third kappa shape index (κ3) is 3.57. The zero-order valence-corrected chi connectivity index (χ0v) is 13.5. The number of hydrogen-bond acceptors (Lipinski definition) is 5. The lowest BCUT2D eigenvalue weighted by Crippen LogP contribution is -2.48. The maximum Gasteiger partial charge on any atom is 0.274 e.